The average Bonchev–Trinajstić information content (AvgIpc) is 3.77. The van der Waals surface area contributed by atoms with Crippen molar-refractivity contribution in [3.63, 3.8) is 0 Å². The zero-order chi connectivity index (χ0) is 31.8. The van der Waals surface area contributed by atoms with E-state index in [4.69, 9.17) is 0 Å². The molecule has 0 bridgehead atoms. The SMILES string of the molecule is CN(CCCNc1nc(Nc2cc[c-]cc2C2CC2)ncc1C(F)(F)F)S(C)(=O)=O.[CH2-]CN(C)CCC.[CH2-]C[CH-]C[CH2-].[Li+].[Li+]. The van der Waals surface area contributed by atoms with Crippen LogP contribution in [0.1, 0.15) is 62.5 Å². The number of unbranched alkanes of at least 4 members (excludes halogenated alkanes) is 2. The summed E-state index contributed by atoms with van der Waals surface area (Å²) in [5.41, 5.74) is 0.810. The third-order valence-corrected chi connectivity index (χ3v) is 7.47. The third kappa shape index (κ3) is 18.0. The number of anilines is 3. The second-order valence-corrected chi connectivity index (χ2v) is 12.0. The van der Waals surface area contributed by atoms with E-state index >= 15 is 0 Å². The van der Waals surface area contributed by atoms with Gasteiger partial charge in [0, 0.05) is 26.3 Å². The summed E-state index contributed by atoms with van der Waals surface area (Å²) < 4.78 is 64.0. The van der Waals surface area contributed by atoms with Crippen molar-refractivity contribution in [2.24, 2.45) is 0 Å². The maximum Gasteiger partial charge on any atom is 1.00 e. The predicted octanol–water partition coefficient (Wildman–Crippen LogP) is 0.419. The Morgan fingerprint density at radius 3 is 2.23 bits per heavy atom. The molecule has 14 heteroatoms. The molecule has 2 aromatic rings. The van der Waals surface area contributed by atoms with E-state index in [1.54, 1.807) is 12.1 Å². The van der Waals surface area contributed by atoms with E-state index in [1.807, 2.05) is 12.5 Å². The number of alkyl halides is 3. The fourth-order valence-electron chi connectivity index (χ4n) is 3.51. The van der Waals surface area contributed by atoms with Gasteiger partial charge in [-0.15, -0.1) is 18.2 Å². The molecule has 0 atom stereocenters. The first-order chi connectivity index (χ1) is 19.8. The van der Waals surface area contributed by atoms with Crippen molar-refractivity contribution in [1.29, 1.82) is 0 Å². The number of nitrogens with zero attached hydrogens (tertiary/aromatic N) is 4. The van der Waals surface area contributed by atoms with Gasteiger partial charge in [0.05, 0.1) is 6.26 Å². The first-order valence-corrected chi connectivity index (χ1v) is 15.9. The fourth-order valence-corrected chi connectivity index (χ4v) is 3.97. The van der Waals surface area contributed by atoms with Crippen LogP contribution >= 0.6 is 0 Å². The maximum atomic E-state index is 13.3. The minimum Gasteiger partial charge on any atom is -0.387 e. The summed E-state index contributed by atoms with van der Waals surface area (Å²) in [6, 6.07) is 8.39. The number of aromatic nitrogens is 2. The Hall–Kier alpha value is -1.25. The topological polar surface area (TPSA) is 90.5 Å². The standard InChI is InChI=1S/C19H23F3N5O2S.C6H14N.C5H9.2Li/c1-27(30(2,28)29)11-5-10-23-17-15(19(20,21)22)12-24-18(26-17)25-16-7-4-3-6-14(16)13-8-9-13;1-4-6-7(3)5-2;1-3-5-4-2;;/h4,6-7,12-13H,5,8-11H2,1-2H3,(H2,23,24,25,26);2,4-6H2,1,3H3;5H,1-4H2;;/q2*-1;-3;2*+1. The zero-order valence-corrected chi connectivity index (χ0v) is 28.1. The molecule has 1 fully saturated rings. The number of benzene rings is 1. The normalized spacial score (nSPS) is 12.6. The van der Waals surface area contributed by atoms with E-state index < -0.39 is 21.8 Å². The van der Waals surface area contributed by atoms with Gasteiger partial charge < -0.3 is 55.6 Å². The molecule has 3 rings (SSSR count). The molecule has 1 aliphatic rings. The number of halogens is 3. The van der Waals surface area contributed by atoms with E-state index in [1.165, 1.54) is 20.0 Å². The zero-order valence-electron chi connectivity index (χ0n) is 27.3. The van der Waals surface area contributed by atoms with Crippen molar-refractivity contribution in [1.82, 2.24) is 19.2 Å². The van der Waals surface area contributed by atoms with Crippen LogP contribution in [0.25, 0.3) is 0 Å². The van der Waals surface area contributed by atoms with Crippen LogP contribution in [0.4, 0.5) is 30.6 Å². The number of hydrogen-bond acceptors (Lipinski definition) is 7. The number of hydrogen-bond donors (Lipinski definition) is 2. The maximum absolute atomic E-state index is 13.3. The molecule has 1 aromatic heterocycles. The molecular weight excluding hydrogens is 579 g/mol. The summed E-state index contributed by atoms with van der Waals surface area (Å²) in [6.45, 7) is 15.5. The van der Waals surface area contributed by atoms with Crippen LogP contribution in [-0.4, -0.2) is 74.1 Å². The Morgan fingerprint density at radius 1 is 1.14 bits per heavy atom. The van der Waals surface area contributed by atoms with E-state index in [9.17, 15) is 21.6 Å². The van der Waals surface area contributed by atoms with E-state index in [0.29, 0.717) is 12.3 Å². The molecule has 1 aromatic carbocycles. The largest absolute Gasteiger partial charge is 1.00 e. The first-order valence-electron chi connectivity index (χ1n) is 14.0. The average molecular weight is 626 g/mol. The molecule has 240 valence electrons. The molecule has 0 radical (unpaired) electrons. The van der Waals surface area contributed by atoms with Gasteiger partial charge in [-0.25, -0.2) is 17.7 Å². The van der Waals surface area contributed by atoms with Crippen molar-refractivity contribution in [3.05, 3.63) is 68.8 Å². The van der Waals surface area contributed by atoms with Crippen LogP contribution in [0, 0.1) is 33.3 Å². The van der Waals surface area contributed by atoms with Crippen molar-refractivity contribution in [2.45, 2.75) is 57.5 Å². The van der Waals surface area contributed by atoms with Gasteiger partial charge in [0.25, 0.3) is 0 Å². The molecule has 1 aliphatic carbocycles. The third-order valence-electron chi connectivity index (χ3n) is 6.16. The van der Waals surface area contributed by atoms with Crippen molar-refractivity contribution < 1.29 is 59.3 Å². The molecule has 0 saturated heterocycles. The van der Waals surface area contributed by atoms with Gasteiger partial charge in [-0.05, 0) is 26.4 Å². The first kappa shape index (κ1) is 44.9. The Kier molecular flexibility index (Phi) is 23.6. The molecule has 44 heavy (non-hydrogen) atoms. The second kappa shape index (κ2) is 23.1. The van der Waals surface area contributed by atoms with Crippen LogP contribution in [0.3, 0.4) is 0 Å². The van der Waals surface area contributed by atoms with Gasteiger partial charge >= 0.3 is 43.9 Å². The Bertz CT molecular complexity index is 1150. The predicted molar refractivity (Wildman–Crippen MR) is 166 cm³/mol. The molecule has 2 N–H and O–H groups in total. The Balaban J connectivity index is 0. The van der Waals surface area contributed by atoms with Gasteiger partial charge in [0.15, 0.2) is 0 Å². The number of nitrogens with one attached hydrogen (secondary N) is 2. The van der Waals surface area contributed by atoms with Crippen molar-refractivity contribution >= 4 is 27.5 Å². The second-order valence-electron chi connectivity index (χ2n) is 9.90. The molecule has 1 saturated carbocycles. The summed E-state index contributed by atoms with van der Waals surface area (Å²) in [6.07, 6.45) is 4.70. The van der Waals surface area contributed by atoms with E-state index in [2.05, 4.69) is 66.3 Å². The quantitative estimate of drug-likeness (QED) is 0.179. The van der Waals surface area contributed by atoms with Crippen LogP contribution in [0.5, 0.6) is 0 Å². The van der Waals surface area contributed by atoms with Crippen LogP contribution in [0.15, 0.2) is 24.4 Å². The summed E-state index contributed by atoms with van der Waals surface area (Å²) in [7, 11) is 0.155. The van der Waals surface area contributed by atoms with E-state index in [-0.39, 0.29) is 62.6 Å². The van der Waals surface area contributed by atoms with Crippen molar-refractivity contribution in [3.8, 4) is 0 Å². The Labute approximate surface area is 288 Å². The summed E-state index contributed by atoms with van der Waals surface area (Å²) in [5.74, 6) is 0.119. The molecule has 0 spiro atoms. The van der Waals surface area contributed by atoms with Gasteiger partial charge in [0.2, 0.25) is 16.0 Å². The summed E-state index contributed by atoms with van der Waals surface area (Å²) in [5, 5.41) is 5.67. The molecule has 0 aliphatic heterocycles. The van der Waals surface area contributed by atoms with Gasteiger partial charge in [0.1, 0.15) is 11.4 Å². The monoisotopic (exact) mass is 625 g/mol. The van der Waals surface area contributed by atoms with Gasteiger partial charge in [-0.3, -0.25) is 0 Å². The summed E-state index contributed by atoms with van der Waals surface area (Å²) in [4.78, 5) is 10.1. The number of rotatable bonds is 14. The van der Waals surface area contributed by atoms with Gasteiger partial charge in [-0.1, -0.05) is 31.4 Å². The molecule has 0 amide bonds. The minimum atomic E-state index is -4.62. The van der Waals surface area contributed by atoms with E-state index in [0.717, 1.165) is 60.2 Å². The molecule has 8 nitrogen and oxygen atoms in total. The fraction of sp³-hybridized carbons (Fsp3) is 0.533. The minimum absolute atomic E-state index is 0. The van der Waals surface area contributed by atoms with Crippen LogP contribution < -0.4 is 48.4 Å². The molecular formula is C30H46F3Li2N6O2S-3. The number of sulfonamides is 1. The van der Waals surface area contributed by atoms with Crippen LogP contribution in [0.2, 0.25) is 0 Å². The summed E-state index contributed by atoms with van der Waals surface area (Å²) >= 11 is 0. The molecule has 0 unspecified atom stereocenters. The Morgan fingerprint density at radius 2 is 1.77 bits per heavy atom. The van der Waals surface area contributed by atoms with Crippen molar-refractivity contribution in [2.75, 3.05) is 57.2 Å². The van der Waals surface area contributed by atoms with Gasteiger partial charge in [-0.2, -0.15) is 36.4 Å². The van der Waals surface area contributed by atoms with Crippen LogP contribution in [-0.2, 0) is 16.2 Å². The molecule has 1 heterocycles. The smallest absolute Gasteiger partial charge is 0.387 e.